The maximum absolute atomic E-state index is 8.40. The molecule has 0 bridgehead atoms. The SMILES string of the molecule is C.C.CCCCOCCOCCOCCO.CCCOCCOCCOCCO. The third-order valence-corrected chi connectivity index (χ3v) is 2.95. The van der Waals surface area contributed by atoms with Gasteiger partial charge in [0.05, 0.1) is 79.3 Å². The van der Waals surface area contributed by atoms with E-state index in [-0.39, 0.29) is 28.1 Å². The van der Waals surface area contributed by atoms with Gasteiger partial charge in [0, 0.05) is 13.2 Å². The molecule has 0 aliphatic heterocycles. The van der Waals surface area contributed by atoms with Crippen molar-refractivity contribution in [3.05, 3.63) is 0 Å². The summed E-state index contributed by atoms with van der Waals surface area (Å²) in [5, 5.41) is 16.8. The van der Waals surface area contributed by atoms with Crippen molar-refractivity contribution < 1.29 is 38.6 Å². The highest BCUT2D eigenvalue weighted by Gasteiger charge is 1.91. The van der Waals surface area contributed by atoms with Crippen molar-refractivity contribution >= 4 is 0 Å². The molecule has 2 N–H and O–H groups in total. The lowest BCUT2D eigenvalue weighted by atomic mass is 10.4. The summed E-state index contributed by atoms with van der Waals surface area (Å²) in [4.78, 5) is 0. The Labute approximate surface area is 179 Å². The normalized spacial score (nSPS) is 9.93. The molecule has 8 heteroatoms. The summed E-state index contributed by atoms with van der Waals surface area (Å²) >= 11 is 0. The maximum atomic E-state index is 8.40. The summed E-state index contributed by atoms with van der Waals surface area (Å²) in [5.74, 6) is 0. The number of aliphatic hydroxyl groups excluding tert-OH is 2. The zero-order valence-corrected chi connectivity index (χ0v) is 17.4. The van der Waals surface area contributed by atoms with Crippen molar-refractivity contribution in [1.29, 1.82) is 0 Å². The van der Waals surface area contributed by atoms with Crippen molar-refractivity contribution in [2.24, 2.45) is 0 Å². The number of ether oxygens (including phenoxy) is 6. The predicted molar refractivity (Wildman–Crippen MR) is 118 cm³/mol. The van der Waals surface area contributed by atoms with E-state index in [2.05, 4.69) is 13.8 Å². The number of aliphatic hydroxyl groups is 2. The second kappa shape index (κ2) is 38.3. The van der Waals surface area contributed by atoms with Crippen LogP contribution in [0.5, 0.6) is 0 Å². The van der Waals surface area contributed by atoms with Crippen molar-refractivity contribution in [2.45, 2.75) is 48.0 Å². The van der Waals surface area contributed by atoms with Crippen molar-refractivity contribution in [3.8, 4) is 0 Å². The second-order valence-corrected chi connectivity index (χ2v) is 5.48. The Hall–Kier alpha value is -0.320. The Balaban J connectivity index is -0.000000202. The molecule has 0 aliphatic rings. The largest absolute Gasteiger partial charge is 0.394 e. The fraction of sp³-hybridized carbons (Fsp3) is 1.00. The minimum atomic E-state index is 0. The lowest BCUT2D eigenvalue weighted by Crippen LogP contribution is -2.11. The fourth-order valence-electron chi connectivity index (χ4n) is 1.60. The first kappa shape index (κ1) is 36.1. The predicted octanol–water partition coefficient (Wildman–Crippen LogP) is 2.54. The summed E-state index contributed by atoms with van der Waals surface area (Å²) in [7, 11) is 0. The van der Waals surface area contributed by atoms with E-state index in [9.17, 15) is 0 Å². The molecule has 29 heavy (non-hydrogen) atoms. The van der Waals surface area contributed by atoms with Gasteiger partial charge in [-0.1, -0.05) is 35.1 Å². The minimum Gasteiger partial charge on any atom is -0.394 e. The first-order valence-corrected chi connectivity index (χ1v) is 10.0. The van der Waals surface area contributed by atoms with Gasteiger partial charge in [-0.25, -0.2) is 0 Å². The molecular weight excluding hydrogens is 380 g/mol. The molecule has 0 atom stereocenters. The molecule has 0 aromatic rings. The quantitative estimate of drug-likeness (QED) is 0.268. The number of rotatable bonds is 21. The van der Waals surface area contributed by atoms with E-state index in [0.29, 0.717) is 66.1 Å². The summed E-state index contributed by atoms with van der Waals surface area (Å²) < 4.78 is 30.9. The van der Waals surface area contributed by atoms with E-state index in [0.717, 1.165) is 32.5 Å². The molecular formula is C21H50O8. The standard InChI is InChI=1S/C10H22O4.C9H20O4.2CH4/c1-2-3-5-12-7-9-14-10-8-13-6-4-11;1-2-4-11-6-8-13-9-7-12-5-3-10;;/h11H,2-10H2,1H3;10H,2-9H2,1H3;2*1H4. The zero-order valence-electron chi connectivity index (χ0n) is 17.4. The number of unbranched alkanes of at least 4 members (excludes halogenated alkanes) is 1. The first-order valence-electron chi connectivity index (χ1n) is 10.0. The van der Waals surface area contributed by atoms with Gasteiger partial charge in [-0.3, -0.25) is 0 Å². The Bertz CT molecular complexity index is 211. The van der Waals surface area contributed by atoms with Gasteiger partial charge in [0.25, 0.3) is 0 Å². The Morgan fingerprint density at radius 3 is 1.03 bits per heavy atom. The Morgan fingerprint density at radius 1 is 0.414 bits per heavy atom. The van der Waals surface area contributed by atoms with Gasteiger partial charge in [-0.05, 0) is 12.8 Å². The van der Waals surface area contributed by atoms with Crippen LogP contribution in [0, 0.1) is 0 Å². The van der Waals surface area contributed by atoms with Crippen LogP contribution in [0.25, 0.3) is 0 Å². The third-order valence-electron chi connectivity index (χ3n) is 2.95. The van der Waals surface area contributed by atoms with Crippen molar-refractivity contribution in [3.63, 3.8) is 0 Å². The monoisotopic (exact) mass is 430 g/mol. The second-order valence-electron chi connectivity index (χ2n) is 5.48. The highest BCUT2D eigenvalue weighted by molar-refractivity contribution is 4.35. The van der Waals surface area contributed by atoms with Crippen LogP contribution in [0.3, 0.4) is 0 Å². The molecule has 0 aliphatic carbocycles. The van der Waals surface area contributed by atoms with E-state index in [4.69, 9.17) is 38.6 Å². The molecule has 0 saturated heterocycles. The van der Waals surface area contributed by atoms with Crippen LogP contribution in [0.1, 0.15) is 48.0 Å². The van der Waals surface area contributed by atoms with E-state index in [1.165, 1.54) is 0 Å². The highest BCUT2D eigenvalue weighted by atomic mass is 16.6. The van der Waals surface area contributed by atoms with Gasteiger partial charge >= 0.3 is 0 Å². The van der Waals surface area contributed by atoms with Gasteiger partial charge in [0.15, 0.2) is 0 Å². The summed E-state index contributed by atoms with van der Waals surface area (Å²) in [6.45, 7) is 11.5. The van der Waals surface area contributed by atoms with E-state index in [1.807, 2.05) is 0 Å². The summed E-state index contributed by atoms with van der Waals surface area (Å²) in [6, 6.07) is 0. The van der Waals surface area contributed by atoms with Crippen molar-refractivity contribution in [1.82, 2.24) is 0 Å². The van der Waals surface area contributed by atoms with Crippen LogP contribution < -0.4 is 0 Å². The van der Waals surface area contributed by atoms with Crippen LogP contribution in [0.4, 0.5) is 0 Å². The van der Waals surface area contributed by atoms with Crippen LogP contribution >= 0.6 is 0 Å². The van der Waals surface area contributed by atoms with E-state index < -0.39 is 0 Å². The molecule has 0 amide bonds. The minimum absolute atomic E-state index is 0. The van der Waals surface area contributed by atoms with E-state index in [1.54, 1.807) is 0 Å². The number of hydrogen-bond acceptors (Lipinski definition) is 8. The maximum Gasteiger partial charge on any atom is 0.0701 e. The Kier molecular flexibility index (Phi) is 47.7. The molecule has 0 spiro atoms. The molecule has 0 radical (unpaired) electrons. The lowest BCUT2D eigenvalue weighted by Gasteiger charge is -2.05. The average molecular weight is 431 g/mol. The molecule has 8 nitrogen and oxygen atoms in total. The zero-order chi connectivity index (χ0) is 20.3. The van der Waals surface area contributed by atoms with Crippen LogP contribution in [-0.2, 0) is 28.4 Å². The molecule has 0 fully saturated rings. The van der Waals surface area contributed by atoms with Crippen LogP contribution in [0.2, 0.25) is 0 Å². The molecule has 0 aromatic heterocycles. The van der Waals surface area contributed by atoms with Gasteiger partial charge in [-0.15, -0.1) is 0 Å². The molecule has 0 aromatic carbocycles. The third kappa shape index (κ3) is 42.7. The topological polar surface area (TPSA) is 95.8 Å². The van der Waals surface area contributed by atoms with Gasteiger partial charge in [0.1, 0.15) is 0 Å². The first-order chi connectivity index (χ1) is 13.3. The highest BCUT2D eigenvalue weighted by Crippen LogP contribution is 1.88. The summed E-state index contributed by atoms with van der Waals surface area (Å²) in [5.41, 5.74) is 0. The Morgan fingerprint density at radius 2 is 0.724 bits per heavy atom. The van der Waals surface area contributed by atoms with E-state index >= 15 is 0 Å². The van der Waals surface area contributed by atoms with Crippen LogP contribution in [0.15, 0.2) is 0 Å². The van der Waals surface area contributed by atoms with Crippen molar-refractivity contribution in [2.75, 3.05) is 92.5 Å². The van der Waals surface area contributed by atoms with Gasteiger partial charge in [0.2, 0.25) is 0 Å². The lowest BCUT2D eigenvalue weighted by molar-refractivity contribution is 0.00735. The number of hydrogen-bond donors (Lipinski definition) is 2. The molecule has 0 rings (SSSR count). The average Bonchev–Trinajstić information content (AvgIpc) is 2.69. The molecule has 182 valence electrons. The smallest absolute Gasteiger partial charge is 0.0701 e. The molecule has 0 saturated carbocycles. The summed E-state index contributed by atoms with van der Waals surface area (Å²) in [6.07, 6.45) is 3.31. The molecule has 0 heterocycles. The van der Waals surface area contributed by atoms with Gasteiger partial charge < -0.3 is 38.6 Å². The van der Waals surface area contributed by atoms with Crippen LogP contribution in [-0.4, -0.2) is 103 Å². The molecule has 0 unspecified atom stereocenters. The fourth-order valence-corrected chi connectivity index (χ4v) is 1.60. The van der Waals surface area contributed by atoms with Gasteiger partial charge in [-0.2, -0.15) is 0 Å².